The number of rotatable bonds is 7. The van der Waals surface area contributed by atoms with E-state index in [0.29, 0.717) is 22.2 Å². The van der Waals surface area contributed by atoms with Gasteiger partial charge in [-0.2, -0.15) is 0 Å². The van der Waals surface area contributed by atoms with Gasteiger partial charge in [-0.1, -0.05) is 17.7 Å². The monoisotopic (exact) mass is 446 g/mol. The summed E-state index contributed by atoms with van der Waals surface area (Å²) < 4.78 is 32.8. The van der Waals surface area contributed by atoms with Crippen LogP contribution in [0.3, 0.4) is 0 Å². The molecule has 8 nitrogen and oxygen atoms in total. The van der Waals surface area contributed by atoms with Gasteiger partial charge < -0.3 is 10.1 Å². The number of carbonyl (C=O) groups excluding carboxylic acids is 1. The molecule has 0 bridgehead atoms. The van der Waals surface area contributed by atoms with Gasteiger partial charge >= 0.3 is 0 Å². The molecule has 3 aromatic rings. The average Bonchev–Trinajstić information content (AvgIpc) is 2.68. The lowest BCUT2D eigenvalue weighted by Gasteiger charge is -2.15. The summed E-state index contributed by atoms with van der Waals surface area (Å²) in [6.45, 7) is 3.33. The average molecular weight is 447 g/mol. The third-order valence-electron chi connectivity index (χ3n) is 3.93. The number of sulfonamides is 1. The fraction of sp³-hybridized carbons (Fsp3) is 0.150. The van der Waals surface area contributed by atoms with Crippen molar-refractivity contribution in [3.63, 3.8) is 0 Å². The minimum atomic E-state index is -3.86. The van der Waals surface area contributed by atoms with E-state index in [0.717, 1.165) is 0 Å². The molecular formula is C20H19ClN4O4S. The predicted molar refractivity (Wildman–Crippen MR) is 114 cm³/mol. The largest absolute Gasteiger partial charge is 0.481 e. The number of aromatic nitrogens is 2. The number of anilines is 2. The number of amides is 1. The number of hydrogen-bond acceptors (Lipinski definition) is 6. The van der Waals surface area contributed by atoms with Crippen LogP contribution in [0.25, 0.3) is 0 Å². The van der Waals surface area contributed by atoms with Gasteiger partial charge in [0.2, 0.25) is 5.95 Å². The number of aryl methyl sites for hydroxylation is 1. The molecule has 0 aliphatic heterocycles. The van der Waals surface area contributed by atoms with Crippen LogP contribution in [0.5, 0.6) is 5.75 Å². The lowest BCUT2D eigenvalue weighted by atomic mass is 10.3. The normalized spacial score (nSPS) is 12.1. The number of benzene rings is 2. The zero-order chi connectivity index (χ0) is 21.7. The van der Waals surface area contributed by atoms with Crippen molar-refractivity contribution in [3.05, 3.63) is 71.5 Å². The Labute approximate surface area is 179 Å². The van der Waals surface area contributed by atoms with Gasteiger partial charge in [-0.25, -0.2) is 23.1 Å². The fourth-order valence-electron chi connectivity index (χ4n) is 2.44. The summed E-state index contributed by atoms with van der Waals surface area (Å²) in [6, 6.07) is 14.1. The molecule has 10 heteroatoms. The van der Waals surface area contributed by atoms with Gasteiger partial charge in [0.05, 0.1) is 4.90 Å². The Morgan fingerprint density at radius 2 is 1.87 bits per heavy atom. The van der Waals surface area contributed by atoms with Crippen molar-refractivity contribution in [1.82, 2.24) is 9.97 Å². The zero-order valence-electron chi connectivity index (χ0n) is 16.2. The van der Waals surface area contributed by atoms with E-state index in [-0.39, 0.29) is 10.8 Å². The second-order valence-electron chi connectivity index (χ2n) is 6.36. The van der Waals surface area contributed by atoms with Crippen LogP contribution in [-0.2, 0) is 14.8 Å². The molecule has 3 rings (SSSR count). The summed E-state index contributed by atoms with van der Waals surface area (Å²) in [5.74, 6) is 0.0623. The van der Waals surface area contributed by atoms with Gasteiger partial charge in [0, 0.05) is 22.6 Å². The standard InChI is InChI=1S/C20H19ClN4O4S/c1-13-10-11-22-20(23-13)25-30(27,28)18-8-6-16(7-9-18)24-19(26)14(2)29-17-5-3-4-15(21)12-17/h3-12,14H,1-2H3,(H,24,26)(H,22,23,25). The first-order chi connectivity index (χ1) is 14.2. The Bertz CT molecular complexity index is 1150. The Morgan fingerprint density at radius 3 is 2.53 bits per heavy atom. The summed E-state index contributed by atoms with van der Waals surface area (Å²) in [5, 5.41) is 3.18. The third kappa shape index (κ3) is 5.68. The molecule has 0 fully saturated rings. The second kappa shape index (κ2) is 9.10. The molecular weight excluding hydrogens is 428 g/mol. The highest BCUT2D eigenvalue weighted by atomic mass is 35.5. The van der Waals surface area contributed by atoms with Crippen molar-refractivity contribution in [2.45, 2.75) is 24.8 Å². The van der Waals surface area contributed by atoms with Crippen molar-refractivity contribution in [3.8, 4) is 5.75 Å². The van der Waals surface area contributed by atoms with Gasteiger partial charge in [-0.05, 0) is 62.4 Å². The van der Waals surface area contributed by atoms with Gasteiger partial charge in [0.1, 0.15) is 5.75 Å². The topological polar surface area (TPSA) is 110 Å². The van der Waals surface area contributed by atoms with Crippen LogP contribution in [0.1, 0.15) is 12.6 Å². The highest BCUT2D eigenvalue weighted by Crippen LogP contribution is 2.20. The fourth-order valence-corrected chi connectivity index (χ4v) is 3.57. The minimum absolute atomic E-state index is 0.00818. The first-order valence-electron chi connectivity index (χ1n) is 8.88. The maximum absolute atomic E-state index is 12.5. The highest BCUT2D eigenvalue weighted by Gasteiger charge is 2.18. The van der Waals surface area contributed by atoms with Crippen LogP contribution in [0.15, 0.2) is 65.7 Å². The van der Waals surface area contributed by atoms with Crippen LogP contribution in [0.2, 0.25) is 5.02 Å². The van der Waals surface area contributed by atoms with Crippen LogP contribution in [0, 0.1) is 6.92 Å². The minimum Gasteiger partial charge on any atom is -0.481 e. The van der Waals surface area contributed by atoms with E-state index in [1.807, 2.05) is 0 Å². The number of halogens is 1. The van der Waals surface area contributed by atoms with E-state index in [1.54, 1.807) is 44.2 Å². The first kappa shape index (κ1) is 21.5. The lowest BCUT2D eigenvalue weighted by molar-refractivity contribution is -0.122. The molecule has 1 heterocycles. The molecule has 2 aromatic carbocycles. The third-order valence-corrected chi connectivity index (χ3v) is 5.51. The Kier molecular flexibility index (Phi) is 6.53. The number of ether oxygens (including phenoxy) is 1. The highest BCUT2D eigenvalue weighted by molar-refractivity contribution is 7.92. The summed E-state index contributed by atoms with van der Waals surface area (Å²) >= 11 is 5.91. The van der Waals surface area contributed by atoms with E-state index in [2.05, 4.69) is 20.0 Å². The van der Waals surface area contributed by atoms with Crippen molar-refractivity contribution >= 4 is 39.2 Å². The maximum Gasteiger partial charge on any atom is 0.265 e. The summed E-state index contributed by atoms with van der Waals surface area (Å²) in [7, 11) is -3.86. The molecule has 0 aliphatic rings. The summed E-state index contributed by atoms with van der Waals surface area (Å²) in [6.07, 6.45) is 0.679. The smallest absolute Gasteiger partial charge is 0.265 e. The number of nitrogens with zero attached hydrogens (tertiary/aromatic N) is 2. The van der Waals surface area contributed by atoms with Crippen molar-refractivity contribution in [2.75, 3.05) is 10.0 Å². The van der Waals surface area contributed by atoms with Gasteiger partial charge in [0.15, 0.2) is 6.10 Å². The predicted octanol–water partition coefficient (Wildman–Crippen LogP) is 3.65. The molecule has 0 saturated carbocycles. The Hall–Kier alpha value is -3.17. The molecule has 0 saturated heterocycles. The van der Waals surface area contributed by atoms with Crippen molar-refractivity contribution < 1.29 is 17.9 Å². The molecule has 1 amide bonds. The molecule has 1 aromatic heterocycles. The van der Waals surface area contributed by atoms with E-state index in [9.17, 15) is 13.2 Å². The lowest BCUT2D eigenvalue weighted by Crippen LogP contribution is -2.30. The molecule has 0 aliphatic carbocycles. The number of hydrogen-bond donors (Lipinski definition) is 2. The maximum atomic E-state index is 12.5. The van der Waals surface area contributed by atoms with Gasteiger partial charge in [-0.3, -0.25) is 4.79 Å². The molecule has 156 valence electrons. The number of carbonyl (C=O) groups is 1. The van der Waals surface area contributed by atoms with Crippen molar-refractivity contribution in [2.24, 2.45) is 0 Å². The molecule has 0 radical (unpaired) electrons. The molecule has 0 spiro atoms. The van der Waals surface area contributed by atoms with Crippen molar-refractivity contribution in [1.29, 1.82) is 0 Å². The second-order valence-corrected chi connectivity index (χ2v) is 8.48. The first-order valence-corrected chi connectivity index (χ1v) is 10.7. The SMILES string of the molecule is Cc1ccnc(NS(=O)(=O)c2ccc(NC(=O)C(C)Oc3cccc(Cl)c3)cc2)n1. The summed E-state index contributed by atoms with van der Waals surface area (Å²) in [4.78, 5) is 20.3. The number of nitrogens with one attached hydrogen (secondary N) is 2. The molecule has 1 unspecified atom stereocenters. The van der Waals surface area contributed by atoms with E-state index >= 15 is 0 Å². The zero-order valence-corrected chi connectivity index (χ0v) is 17.7. The van der Waals surface area contributed by atoms with E-state index in [1.165, 1.54) is 30.5 Å². The van der Waals surface area contributed by atoms with Crippen LogP contribution >= 0.6 is 11.6 Å². The van der Waals surface area contributed by atoms with Gasteiger partial charge in [-0.15, -0.1) is 0 Å². The summed E-state index contributed by atoms with van der Waals surface area (Å²) in [5.41, 5.74) is 1.06. The molecule has 2 N–H and O–H groups in total. The van der Waals surface area contributed by atoms with E-state index in [4.69, 9.17) is 16.3 Å². The Balaban J connectivity index is 1.64. The molecule has 30 heavy (non-hydrogen) atoms. The van der Waals surface area contributed by atoms with Crippen LogP contribution in [0.4, 0.5) is 11.6 Å². The van der Waals surface area contributed by atoms with Crippen LogP contribution < -0.4 is 14.8 Å². The van der Waals surface area contributed by atoms with Gasteiger partial charge in [0.25, 0.3) is 15.9 Å². The molecule has 1 atom stereocenters. The van der Waals surface area contributed by atoms with E-state index < -0.39 is 22.0 Å². The van der Waals surface area contributed by atoms with Crippen LogP contribution in [-0.4, -0.2) is 30.4 Å². The Morgan fingerprint density at radius 1 is 1.13 bits per heavy atom. The quantitative estimate of drug-likeness (QED) is 0.573.